The molecule has 1 heterocycles. The van der Waals surface area contributed by atoms with Gasteiger partial charge in [0, 0.05) is 0 Å². The second kappa shape index (κ2) is 7.12. The summed E-state index contributed by atoms with van der Waals surface area (Å²) in [6, 6.07) is 0. The molecule has 0 aromatic rings. The van der Waals surface area contributed by atoms with Crippen LogP contribution in [0.2, 0.25) is 36.3 Å². The molecule has 0 bridgehead atoms. The minimum Gasteiger partial charge on any atom is -0.414 e. The Labute approximate surface area is 146 Å². The molecule has 0 aliphatic carbocycles. The lowest BCUT2D eigenvalue weighted by Gasteiger charge is -2.38. The highest BCUT2D eigenvalue weighted by atomic mass is 28.4. The molecule has 0 radical (unpaired) electrons. The highest BCUT2D eigenvalue weighted by Crippen LogP contribution is 2.38. The zero-order valence-corrected chi connectivity index (χ0v) is 19.0. The van der Waals surface area contributed by atoms with Gasteiger partial charge in [0.15, 0.2) is 16.6 Å². The van der Waals surface area contributed by atoms with Gasteiger partial charge in [0.1, 0.15) is 6.10 Å². The van der Waals surface area contributed by atoms with Gasteiger partial charge in [-0.2, -0.15) is 0 Å². The van der Waals surface area contributed by atoms with Gasteiger partial charge in [0.2, 0.25) is 0 Å². The molecule has 0 saturated carbocycles. The SMILES string of the molecule is CC(C)(C)[Si](C)(C)OCC1=CCO[C@H]1CO[Si](C)(C)C(C)(C)C. The van der Waals surface area contributed by atoms with E-state index in [9.17, 15) is 0 Å². The summed E-state index contributed by atoms with van der Waals surface area (Å²) >= 11 is 0. The van der Waals surface area contributed by atoms with Crippen molar-refractivity contribution in [3.63, 3.8) is 0 Å². The lowest BCUT2D eigenvalue weighted by molar-refractivity contribution is 0.0677. The summed E-state index contributed by atoms with van der Waals surface area (Å²) in [6.45, 7) is 24.8. The maximum absolute atomic E-state index is 6.35. The maximum atomic E-state index is 6.35. The fourth-order valence-corrected chi connectivity index (χ4v) is 3.76. The molecule has 23 heavy (non-hydrogen) atoms. The fraction of sp³-hybridized carbons (Fsp3) is 0.889. The van der Waals surface area contributed by atoms with Gasteiger partial charge < -0.3 is 13.6 Å². The van der Waals surface area contributed by atoms with Crippen LogP contribution in [0.5, 0.6) is 0 Å². The Morgan fingerprint density at radius 2 is 1.43 bits per heavy atom. The summed E-state index contributed by atoms with van der Waals surface area (Å²) in [4.78, 5) is 0. The van der Waals surface area contributed by atoms with E-state index >= 15 is 0 Å². The van der Waals surface area contributed by atoms with Gasteiger partial charge in [-0.3, -0.25) is 0 Å². The van der Waals surface area contributed by atoms with Crippen LogP contribution in [0.15, 0.2) is 11.6 Å². The summed E-state index contributed by atoms with van der Waals surface area (Å²) in [5, 5.41) is 0.466. The number of hydrogen-bond acceptors (Lipinski definition) is 3. The Morgan fingerprint density at radius 1 is 0.957 bits per heavy atom. The van der Waals surface area contributed by atoms with E-state index in [0.29, 0.717) is 19.8 Å². The van der Waals surface area contributed by atoms with Crippen LogP contribution >= 0.6 is 0 Å². The summed E-state index contributed by atoms with van der Waals surface area (Å²) < 4.78 is 18.6. The quantitative estimate of drug-likeness (QED) is 0.473. The Bertz CT molecular complexity index is 429. The van der Waals surface area contributed by atoms with Crippen LogP contribution in [-0.4, -0.2) is 42.6 Å². The standard InChI is InChI=1S/C18H38O3Si2/c1-17(2,3)22(7,8)20-13-15-11-12-19-16(15)14-21-23(9,10)18(4,5)6/h11,16H,12-14H2,1-10H3/t16-/m0/s1. The van der Waals surface area contributed by atoms with Crippen molar-refractivity contribution in [2.75, 3.05) is 19.8 Å². The monoisotopic (exact) mass is 358 g/mol. The molecule has 1 rings (SSSR count). The Morgan fingerprint density at radius 3 is 1.91 bits per heavy atom. The first-order chi connectivity index (χ1) is 10.2. The van der Waals surface area contributed by atoms with E-state index in [1.165, 1.54) is 5.57 Å². The number of rotatable bonds is 6. The van der Waals surface area contributed by atoms with E-state index in [0.717, 1.165) is 0 Å². The molecule has 0 aromatic heterocycles. The molecule has 0 fully saturated rings. The zero-order chi connectivity index (χ0) is 18.1. The summed E-state index contributed by atoms with van der Waals surface area (Å²) in [5.41, 5.74) is 1.26. The maximum Gasteiger partial charge on any atom is 0.192 e. The lowest BCUT2D eigenvalue weighted by atomic mass is 10.2. The average Bonchev–Trinajstić information content (AvgIpc) is 2.78. The first-order valence-electron chi connectivity index (χ1n) is 8.76. The van der Waals surface area contributed by atoms with Crippen molar-refractivity contribution >= 4 is 16.6 Å². The zero-order valence-electron chi connectivity index (χ0n) is 17.0. The van der Waals surface area contributed by atoms with Crippen molar-refractivity contribution in [3.05, 3.63) is 11.6 Å². The van der Waals surface area contributed by atoms with Crippen LogP contribution in [0.3, 0.4) is 0 Å². The molecule has 3 nitrogen and oxygen atoms in total. The number of hydrogen-bond donors (Lipinski definition) is 0. The first kappa shape index (κ1) is 21.1. The van der Waals surface area contributed by atoms with E-state index in [2.05, 4.69) is 73.8 Å². The smallest absolute Gasteiger partial charge is 0.192 e. The third kappa shape index (κ3) is 5.53. The lowest BCUT2D eigenvalue weighted by Crippen LogP contribution is -2.44. The highest BCUT2D eigenvalue weighted by Gasteiger charge is 2.40. The predicted octanol–water partition coefficient (Wildman–Crippen LogP) is 5.36. The Kier molecular flexibility index (Phi) is 6.53. The molecule has 0 spiro atoms. The van der Waals surface area contributed by atoms with E-state index in [1.807, 2.05) is 0 Å². The van der Waals surface area contributed by atoms with E-state index in [4.69, 9.17) is 13.6 Å². The molecule has 5 heteroatoms. The predicted molar refractivity (Wildman–Crippen MR) is 104 cm³/mol. The third-order valence-corrected chi connectivity index (χ3v) is 14.8. The van der Waals surface area contributed by atoms with Crippen LogP contribution in [0.25, 0.3) is 0 Å². The molecular formula is C18H38O3Si2. The molecule has 0 saturated heterocycles. The summed E-state index contributed by atoms with van der Waals surface area (Å²) in [7, 11) is -3.45. The Balaban J connectivity index is 2.59. The average molecular weight is 359 g/mol. The van der Waals surface area contributed by atoms with Gasteiger partial charge in [-0.05, 0) is 41.8 Å². The highest BCUT2D eigenvalue weighted by molar-refractivity contribution is 6.74. The van der Waals surface area contributed by atoms with Gasteiger partial charge in [-0.25, -0.2) is 0 Å². The number of ether oxygens (including phenoxy) is 1. The normalized spacial score (nSPS) is 20.8. The van der Waals surface area contributed by atoms with Crippen LogP contribution in [0, 0.1) is 0 Å². The van der Waals surface area contributed by atoms with Gasteiger partial charge in [0.25, 0.3) is 0 Å². The van der Waals surface area contributed by atoms with E-state index < -0.39 is 16.6 Å². The second-order valence-electron chi connectivity index (χ2n) is 9.72. The van der Waals surface area contributed by atoms with Gasteiger partial charge in [0.05, 0.1) is 19.8 Å². The third-order valence-electron chi connectivity index (χ3n) is 5.86. The first-order valence-corrected chi connectivity index (χ1v) is 14.6. The van der Waals surface area contributed by atoms with Gasteiger partial charge in [-0.15, -0.1) is 0 Å². The molecular weight excluding hydrogens is 320 g/mol. The van der Waals surface area contributed by atoms with Crippen molar-refractivity contribution < 1.29 is 13.6 Å². The molecule has 0 unspecified atom stereocenters. The van der Waals surface area contributed by atoms with Crippen LogP contribution in [-0.2, 0) is 13.6 Å². The van der Waals surface area contributed by atoms with Crippen LogP contribution in [0.4, 0.5) is 0 Å². The van der Waals surface area contributed by atoms with E-state index in [-0.39, 0.29) is 16.2 Å². The molecule has 1 atom stereocenters. The molecule has 1 aliphatic rings. The Hall–Kier alpha value is 0.0538. The largest absolute Gasteiger partial charge is 0.414 e. The molecule has 0 aromatic carbocycles. The van der Waals surface area contributed by atoms with Crippen molar-refractivity contribution in [2.24, 2.45) is 0 Å². The molecule has 0 amide bonds. The van der Waals surface area contributed by atoms with Crippen LogP contribution < -0.4 is 0 Å². The topological polar surface area (TPSA) is 27.7 Å². The van der Waals surface area contributed by atoms with Crippen molar-refractivity contribution in [2.45, 2.75) is 83.9 Å². The van der Waals surface area contributed by atoms with E-state index in [1.54, 1.807) is 0 Å². The van der Waals surface area contributed by atoms with Gasteiger partial charge in [-0.1, -0.05) is 47.6 Å². The van der Waals surface area contributed by atoms with Crippen molar-refractivity contribution in [1.29, 1.82) is 0 Å². The second-order valence-corrected chi connectivity index (χ2v) is 19.3. The molecule has 0 N–H and O–H groups in total. The van der Waals surface area contributed by atoms with Crippen LogP contribution in [0.1, 0.15) is 41.5 Å². The minimum atomic E-state index is -1.73. The molecule has 136 valence electrons. The summed E-state index contributed by atoms with van der Waals surface area (Å²) in [5.74, 6) is 0. The van der Waals surface area contributed by atoms with Crippen molar-refractivity contribution in [3.8, 4) is 0 Å². The molecule has 1 aliphatic heterocycles. The van der Waals surface area contributed by atoms with Crippen molar-refractivity contribution in [1.82, 2.24) is 0 Å². The minimum absolute atomic E-state index is 0.0638. The summed E-state index contributed by atoms with van der Waals surface area (Å²) in [6.07, 6.45) is 2.24. The fourth-order valence-electron chi connectivity index (χ4n) is 1.80. The van der Waals surface area contributed by atoms with Gasteiger partial charge >= 0.3 is 0 Å².